The Morgan fingerprint density at radius 1 is 1.24 bits per heavy atom. The summed E-state index contributed by atoms with van der Waals surface area (Å²) in [7, 11) is 0. The second-order valence-corrected chi connectivity index (χ2v) is 6.25. The van der Waals surface area contributed by atoms with Gasteiger partial charge in [-0.05, 0) is 23.8 Å². The molecule has 0 atom stereocenters. The molecule has 132 valence electrons. The summed E-state index contributed by atoms with van der Waals surface area (Å²) in [6.07, 6.45) is 3.38. The molecule has 0 unspecified atom stereocenters. The van der Waals surface area contributed by atoms with Gasteiger partial charge in [0.05, 0.1) is 12.1 Å². The topological polar surface area (TPSA) is 48.5 Å². The fourth-order valence-electron chi connectivity index (χ4n) is 3.12. The highest BCUT2D eigenvalue weighted by Crippen LogP contribution is 2.21. The van der Waals surface area contributed by atoms with Gasteiger partial charge in [-0.15, -0.1) is 6.58 Å². The van der Waals surface area contributed by atoms with Crippen molar-refractivity contribution >= 4 is 16.8 Å². The fraction of sp³-hybridized carbons (Fsp3) is 0.368. The van der Waals surface area contributed by atoms with Crippen LogP contribution in [0.2, 0.25) is 0 Å². The maximum absolute atomic E-state index is 13.9. The van der Waals surface area contributed by atoms with Crippen molar-refractivity contribution < 1.29 is 9.18 Å². The number of hydrogen-bond acceptors (Lipinski definition) is 4. The third-order valence-electron chi connectivity index (χ3n) is 4.47. The summed E-state index contributed by atoms with van der Waals surface area (Å²) in [5, 5.41) is 3.37. The number of nitrogens with one attached hydrogen (secondary N) is 1. The summed E-state index contributed by atoms with van der Waals surface area (Å²) in [5.74, 6) is -0.204. The van der Waals surface area contributed by atoms with Gasteiger partial charge in [0.2, 0.25) is 5.91 Å². The molecule has 1 N–H and O–H groups in total. The molecule has 5 nitrogen and oxygen atoms in total. The number of halogens is 1. The molecule has 2 heterocycles. The Kier molecular flexibility index (Phi) is 5.73. The van der Waals surface area contributed by atoms with Crippen LogP contribution in [0.3, 0.4) is 0 Å². The van der Waals surface area contributed by atoms with Crippen molar-refractivity contribution in [3.63, 3.8) is 0 Å². The Hall–Kier alpha value is -2.31. The van der Waals surface area contributed by atoms with E-state index >= 15 is 0 Å². The van der Waals surface area contributed by atoms with E-state index < -0.39 is 0 Å². The molecular weight excluding hydrogens is 319 g/mol. The average Bonchev–Trinajstić information content (AvgIpc) is 2.64. The molecule has 1 aliphatic rings. The van der Waals surface area contributed by atoms with Crippen LogP contribution in [0.15, 0.2) is 43.1 Å². The molecule has 3 rings (SSSR count). The zero-order chi connectivity index (χ0) is 17.6. The molecule has 0 aliphatic carbocycles. The first-order valence-corrected chi connectivity index (χ1v) is 8.52. The highest BCUT2D eigenvalue weighted by Gasteiger charge is 2.19. The van der Waals surface area contributed by atoms with Crippen molar-refractivity contribution in [1.82, 2.24) is 20.1 Å². The minimum absolute atomic E-state index is 0.0297. The summed E-state index contributed by atoms with van der Waals surface area (Å²) in [6.45, 7) is 8.69. The van der Waals surface area contributed by atoms with Crippen molar-refractivity contribution in [2.24, 2.45) is 0 Å². The van der Waals surface area contributed by atoms with Crippen LogP contribution in [-0.4, -0.2) is 60.0 Å². The van der Waals surface area contributed by atoms with Gasteiger partial charge < -0.3 is 5.32 Å². The predicted molar refractivity (Wildman–Crippen MR) is 96.6 cm³/mol. The van der Waals surface area contributed by atoms with Crippen LogP contribution in [0.1, 0.15) is 5.56 Å². The molecule has 1 saturated heterocycles. The number of hydrogen-bond donors (Lipinski definition) is 1. The number of aromatic nitrogens is 1. The van der Waals surface area contributed by atoms with Crippen LogP contribution in [0.4, 0.5) is 4.39 Å². The third kappa shape index (κ3) is 4.41. The number of rotatable bonds is 6. The van der Waals surface area contributed by atoms with Gasteiger partial charge in [-0.25, -0.2) is 4.39 Å². The number of fused-ring (bicyclic) bond motifs is 1. The van der Waals surface area contributed by atoms with E-state index in [-0.39, 0.29) is 11.7 Å². The van der Waals surface area contributed by atoms with Crippen LogP contribution in [0.25, 0.3) is 10.9 Å². The van der Waals surface area contributed by atoms with E-state index in [1.807, 2.05) is 6.07 Å². The smallest absolute Gasteiger partial charge is 0.234 e. The molecular formula is C19H23FN4O. The third-order valence-corrected chi connectivity index (χ3v) is 4.47. The van der Waals surface area contributed by atoms with Gasteiger partial charge in [0, 0.05) is 50.9 Å². The number of carbonyl (C=O) groups is 1. The Morgan fingerprint density at radius 2 is 2.00 bits per heavy atom. The minimum atomic E-state index is -0.234. The van der Waals surface area contributed by atoms with Crippen molar-refractivity contribution in [2.45, 2.75) is 6.54 Å². The van der Waals surface area contributed by atoms with Gasteiger partial charge >= 0.3 is 0 Å². The van der Waals surface area contributed by atoms with E-state index in [9.17, 15) is 9.18 Å². The lowest BCUT2D eigenvalue weighted by molar-refractivity contribution is -0.122. The van der Waals surface area contributed by atoms with Crippen LogP contribution >= 0.6 is 0 Å². The first kappa shape index (κ1) is 17.5. The first-order chi connectivity index (χ1) is 12.2. The van der Waals surface area contributed by atoms with Crippen LogP contribution in [-0.2, 0) is 11.3 Å². The molecule has 0 bridgehead atoms. The van der Waals surface area contributed by atoms with Crippen molar-refractivity contribution in [3.05, 3.63) is 54.5 Å². The number of piperazine rings is 1. The maximum atomic E-state index is 13.9. The van der Waals surface area contributed by atoms with Gasteiger partial charge in [-0.1, -0.05) is 12.1 Å². The normalized spacial score (nSPS) is 16.0. The Bertz CT molecular complexity index is 756. The molecule has 1 fully saturated rings. The van der Waals surface area contributed by atoms with Gasteiger partial charge in [0.1, 0.15) is 5.82 Å². The standard InChI is InChI=1S/C19H23FN4O/c1-2-7-21-18(25)14-24-11-9-23(10-12-24)13-15-5-6-17(20)16-4-3-8-22-19(15)16/h2-6,8H,1,7,9-14H2,(H,21,25). The van der Waals surface area contributed by atoms with Crippen LogP contribution in [0, 0.1) is 5.82 Å². The Balaban J connectivity index is 1.57. The van der Waals surface area contributed by atoms with Crippen LogP contribution in [0.5, 0.6) is 0 Å². The number of benzene rings is 1. The lowest BCUT2D eigenvalue weighted by Gasteiger charge is -2.34. The van der Waals surface area contributed by atoms with Crippen molar-refractivity contribution in [3.8, 4) is 0 Å². The lowest BCUT2D eigenvalue weighted by atomic mass is 10.1. The summed E-state index contributed by atoms with van der Waals surface area (Å²) in [4.78, 5) is 20.6. The van der Waals surface area contributed by atoms with Gasteiger partial charge in [0.25, 0.3) is 0 Å². The van der Waals surface area contributed by atoms with Crippen LogP contribution < -0.4 is 5.32 Å². The van der Waals surface area contributed by atoms with E-state index in [2.05, 4.69) is 26.7 Å². The number of nitrogens with zero attached hydrogens (tertiary/aromatic N) is 3. The molecule has 2 aromatic rings. The largest absolute Gasteiger partial charge is 0.352 e. The lowest BCUT2D eigenvalue weighted by Crippen LogP contribution is -2.49. The molecule has 1 aromatic heterocycles. The van der Waals surface area contributed by atoms with E-state index in [1.165, 1.54) is 6.07 Å². The molecule has 1 amide bonds. The van der Waals surface area contributed by atoms with E-state index in [0.29, 0.717) is 18.5 Å². The SMILES string of the molecule is C=CCNC(=O)CN1CCN(Cc2ccc(F)c3cccnc23)CC1. The number of pyridine rings is 1. The van der Waals surface area contributed by atoms with Crippen molar-refractivity contribution in [2.75, 3.05) is 39.3 Å². The molecule has 0 spiro atoms. The second-order valence-electron chi connectivity index (χ2n) is 6.25. The first-order valence-electron chi connectivity index (χ1n) is 8.52. The van der Waals surface area contributed by atoms with E-state index in [4.69, 9.17) is 0 Å². The predicted octanol–water partition coefficient (Wildman–Crippen LogP) is 1.79. The highest BCUT2D eigenvalue weighted by atomic mass is 19.1. The number of amides is 1. The zero-order valence-corrected chi connectivity index (χ0v) is 14.2. The van der Waals surface area contributed by atoms with Gasteiger partial charge in [-0.3, -0.25) is 19.6 Å². The highest BCUT2D eigenvalue weighted by molar-refractivity contribution is 5.82. The van der Waals surface area contributed by atoms with E-state index in [1.54, 1.807) is 24.4 Å². The van der Waals surface area contributed by atoms with E-state index in [0.717, 1.165) is 43.8 Å². The van der Waals surface area contributed by atoms with Gasteiger partial charge in [0.15, 0.2) is 0 Å². The molecule has 0 saturated carbocycles. The maximum Gasteiger partial charge on any atom is 0.234 e. The fourth-order valence-corrected chi connectivity index (χ4v) is 3.12. The summed E-state index contributed by atoms with van der Waals surface area (Å²) in [6, 6.07) is 6.85. The van der Waals surface area contributed by atoms with Gasteiger partial charge in [-0.2, -0.15) is 0 Å². The number of carbonyl (C=O) groups excluding carboxylic acids is 1. The molecule has 0 radical (unpaired) electrons. The quantitative estimate of drug-likeness (QED) is 0.813. The molecule has 25 heavy (non-hydrogen) atoms. The summed E-state index contributed by atoms with van der Waals surface area (Å²) >= 11 is 0. The molecule has 1 aromatic carbocycles. The minimum Gasteiger partial charge on any atom is -0.352 e. The summed E-state index contributed by atoms with van der Waals surface area (Å²) < 4.78 is 13.9. The second kappa shape index (κ2) is 8.18. The average molecular weight is 342 g/mol. The monoisotopic (exact) mass is 342 g/mol. The molecule has 1 aliphatic heterocycles. The van der Waals surface area contributed by atoms with Crippen molar-refractivity contribution in [1.29, 1.82) is 0 Å². The Morgan fingerprint density at radius 3 is 2.76 bits per heavy atom. The molecule has 6 heteroatoms. The Labute approximate surface area is 147 Å². The zero-order valence-electron chi connectivity index (χ0n) is 14.2. The summed E-state index contributed by atoms with van der Waals surface area (Å²) in [5.41, 5.74) is 1.77.